The molecule has 0 aliphatic heterocycles. The van der Waals surface area contributed by atoms with Crippen LogP contribution in [0.25, 0.3) is 0 Å². The summed E-state index contributed by atoms with van der Waals surface area (Å²) in [7, 11) is 0. The van der Waals surface area contributed by atoms with Gasteiger partial charge in [0.15, 0.2) is 0 Å². The molecule has 0 saturated heterocycles. The number of rotatable bonds is 8. The Hall–Kier alpha value is 0.608. The van der Waals surface area contributed by atoms with Crippen molar-refractivity contribution in [3.05, 3.63) is 13.0 Å². The Kier molecular flexibility index (Phi) is 14.2. The van der Waals surface area contributed by atoms with Crippen LogP contribution in [-0.2, 0) is 30.5 Å². The minimum absolute atomic E-state index is 0. The minimum atomic E-state index is 0. The van der Waals surface area contributed by atoms with Gasteiger partial charge in [-0.15, -0.1) is 0 Å². The van der Waals surface area contributed by atoms with E-state index >= 15 is 0 Å². The molecule has 84 valence electrons. The maximum atomic E-state index is 5.36. The van der Waals surface area contributed by atoms with Crippen LogP contribution in [0.1, 0.15) is 40.5 Å². The Labute approximate surface area is 103 Å². The van der Waals surface area contributed by atoms with Gasteiger partial charge < -0.3 is 15.9 Å². The summed E-state index contributed by atoms with van der Waals surface area (Å²) in [5, 5.41) is 0. The van der Waals surface area contributed by atoms with E-state index in [-0.39, 0.29) is 21.1 Å². The maximum Gasteiger partial charge on any atom is 2.00 e. The molecule has 0 aromatic heterocycles. The first-order valence-corrected chi connectivity index (χ1v) is 5.03. The first kappa shape index (κ1) is 17.0. The third kappa shape index (κ3) is 15.1. The van der Waals surface area contributed by atoms with Gasteiger partial charge in [-0.05, 0) is 27.7 Å². The van der Waals surface area contributed by atoms with Crippen LogP contribution in [0.2, 0.25) is 0 Å². The Morgan fingerprint density at radius 3 is 2.14 bits per heavy atom. The summed E-state index contributed by atoms with van der Waals surface area (Å²) >= 11 is 0. The first-order valence-electron chi connectivity index (χ1n) is 5.03. The van der Waals surface area contributed by atoms with Gasteiger partial charge >= 0.3 is 21.1 Å². The van der Waals surface area contributed by atoms with E-state index in [1.807, 2.05) is 34.3 Å². The van der Waals surface area contributed by atoms with E-state index in [2.05, 4.69) is 6.42 Å². The molecular weight excluding hydrogens is 348 g/mol. The topological polar surface area (TPSA) is 18.5 Å². The molecular formula is C11H22O2W. The van der Waals surface area contributed by atoms with Gasteiger partial charge in [0, 0.05) is 12.2 Å². The van der Waals surface area contributed by atoms with Gasteiger partial charge in [0.25, 0.3) is 0 Å². The third-order valence-corrected chi connectivity index (χ3v) is 1.40. The van der Waals surface area contributed by atoms with Crippen molar-refractivity contribution < 1.29 is 30.5 Å². The van der Waals surface area contributed by atoms with Crippen LogP contribution in [0.15, 0.2) is 0 Å². The zero-order valence-electron chi connectivity index (χ0n) is 9.66. The minimum Gasteiger partial charge on any atom is -0.550 e. The number of unbranched alkanes of at least 4 members (excludes halogenated alkanes) is 2. The van der Waals surface area contributed by atoms with Gasteiger partial charge in [0.05, 0.1) is 0 Å². The summed E-state index contributed by atoms with van der Waals surface area (Å²) in [4.78, 5) is 0. The summed E-state index contributed by atoms with van der Waals surface area (Å²) in [6.45, 7) is 10.8. The van der Waals surface area contributed by atoms with Gasteiger partial charge in [0.1, 0.15) is 0 Å². The van der Waals surface area contributed by atoms with Crippen molar-refractivity contribution in [1.29, 1.82) is 0 Å². The normalized spacial score (nSPS) is 10.7. The molecule has 0 saturated carbocycles. The molecule has 0 aliphatic carbocycles. The molecule has 0 amide bonds. The van der Waals surface area contributed by atoms with Gasteiger partial charge in [-0.2, -0.15) is 6.42 Å². The second-order valence-electron chi connectivity index (χ2n) is 3.60. The average molecular weight is 370 g/mol. The molecule has 14 heavy (non-hydrogen) atoms. The second-order valence-corrected chi connectivity index (χ2v) is 3.60. The van der Waals surface area contributed by atoms with E-state index < -0.39 is 0 Å². The van der Waals surface area contributed by atoms with Crippen molar-refractivity contribution >= 4 is 0 Å². The Morgan fingerprint density at radius 1 is 1.00 bits per heavy atom. The molecule has 0 rings (SSSR count). The van der Waals surface area contributed by atoms with Crippen molar-refractivity contribution in [2.75, 3.05) is 6.61 Å². The predicted octanol–water partition coefficient (Wildman–Crippen LogP) is 2.98. The number of hydrogen-bond acceptors (Lipinski definition) is 2. The number of hydrogen-bond donors (Lipinski definition) is 0. The molecule has 0 unspecified atom stereocenters. The van der Waals surface area contributed by atoms with Gasteiger partial charge in [0.2, 0.25) is 0 Å². The fraction of sp³-hybridized carbons (Fsp3) is 0.818. The van der Waals surface area contributed by atoms with Crippen LogP contribution in [-0.4, -0.2) is 18.8 Å². The molecule has 0 aliphatic rings. The van der Waals surface area contributed by atoms with Crippen molar-refractivity contribution in [2.45, 2.75) is 52.7 Å². The smallest absolute Gasteiger partial charge is 0.550 e. The van der Waals surface area contributed by atoms with E-state index in [9.17, 15) is 0 Å². The molecule has 0 atom stereocenters. The second kappa shape index (κ2) is 11.7. The van der Waals surface area contributed by atoms with Crippen LogP contribution in [0.4, 0.5) is 0 Å². The summed E-state index contributed by atoms with van der Waals surface area (Å²) in [6.07, 6.45) is 4.76. The van der Waals surface area contributed by atoms with Crippen molar-refractivity contribution in [3.63, 3.8) is 0 Å². The molecule has 0 bridgehead atoms. The van der Waals surface area contributed by atoms with Crippen LogP contribution < -0.4 is 0 Å². The largest absolute Gasteiger partial charge is 2.00 e. The Bertz CT molecular complexity index is 93.5. The molecule has 3 heteroatoms. The summed E-state index contributed by atoms with van der Waals surface area (Å²) in [6, 6.07) is 0. The first-order chi connectivity index (χ1) is 6.13. The standard InChI is InChI=1S/C11H22O2.W/c1-10(2)12-8-6-5-7-9-13-11(3)4;/h6,9-11H,5,7-8H2,1-4H3;/q-2;+2. The van der Waals surface area contributed by atoms with Gasteiger partial charge in [-0.3, -0.25) is 0 Å². The van der Waals surface area contributed by atoms with Crippen LogP contribution in [0.5, 0.6) is 0 Å². The van der Waals surface area contributed by atoms with E-state index in [1.165, 1.54) is 0 Å². The quantitative estimate of drug-likeness (QED) is 0.483. The van der Waals surface area contributed by atoms with Crippen molar-refractivity contribution in [3.8, 4) is 0 Å². The summed E-state index contributed by atoms with van der Waals surface area (Å²) < 4.78 is 10.6. The van der Waals surface area contributed by atoms with E-state index in [1.54, 1.807) is 0 Å². The van der Waals surface area contributed by atoms with Crippen molar-refractivity contribution in [1.82, 2.24) is 0 Å². The molecule has 0 fully saturated rings. The zero-order chi connectivity index (χ0) is 10.1. The number of ether oxygens (including phenoxy) is 2. The Morgan fingerprint density at radius 2 is 1.64 bits per heavy atom. The fourth-order valence-electron chi connectivity index (χ4n) is 0.790. The molecule has 0 heterocycles. The molecule has 0 radical (unpaired) electrons. The third-order valence-electron chi connectivity index (χ3n) is 1.40. The van der Waals surface area contributed by atoms with E-state index in [0.717, 1.165) is 19.4 Å². The zero-order valence-corrected chi connectivity index (χ0v) is 12.6. The monoisotopic (exact) mass is 370 g/mol. The maximum absolute atomic E-state index is 5.36. The Balaban J connectivity index is 0. The molecule has 0 aromatic rings. The van der Waals surface area contributed by atoms with E-state index in [4.69, 9.17) is 9.47 Å². The summed E-state index contributed by atoms with van der Waals surface area (Å²) in [5.74, 6) is 0. The molecule has 0 spiro atoms. The van der Waals surface area contributed by atoms with Crippen LogP contribution in [0, 0.1) is 13.0 Å². The molecule has 0 N–H and O–H groups in total. The average Bonchev–Trinajstić information content (AvgIpc) is 2.01. The SMILES string of the molecule is CC(C)O[CH-]CC[CH-]COC(C)C.[W+2]. The van der Waals surface area contributed by atoms with Crippen molar-refractivity contribution in [2.24, 2.45) is 0 Å². The summed E-state index contributed by atoms with van der Waals surface area (Å²) in [5.41, 5.74) is 0. The van der Waals surface area contributed by atoms with Gasteiger partial charge in [-0.25, -0.2) is 13.0 Å². The van der Waals surface area contributed by atoms with Gasteiger partial charge in [-0.1, -0.05) is 6.61 Å². The van der Waals surface area contributed by atoms with E-state index in [0.29, 0.717) is 12.2 Å². The fourth-order valence-corrected chi connectivity index (χ4v) is 0.790. The molecule has 0 aromatic carbocycles. The predicted molar refractivity (Wildman–Crippen MR) is 55.1 cm³/mol. The van der Waals surface area contributed by atoms with Crippen LogP contribution in [0.3, 0.4) is 0 Å². The van der Waals surface area contributed by atoms with Crippen LogP contribution >= 0.6 is 0 Å². The molecule has 2 nitrogen and oxygen atoms in total.